The van der Waals surface area contributed by atoms with E-state index >= 15 is 0 Å². The highest BCUT2D eigenvalue weighted by atomic mass is 19.1. The van der Waals surface area contributed by atoms with E-state index in [1.807, 2.05) is 38.1 Å². The summed E-state index contributed by atoms with van der Waals surface area (Å²) in [6.45, 7) is 11.0. The van der Waals surface area contributed by atoms with Crippen molar-refractivity contribution in [2.24, 2.45) is 0 Å². The molecule has 7 heteroatoms. The number of hydrogen-bond donors (Lipinski definition) is 0. The molecule has 34 heavy (non-hydrogen) atoms. The molecule has 0 radical (unpaired) electrons. The second-order valence-electron chi connectivity index (χ2n) is 7.59. The fourth-order valence-electron chi connectivity index (χ4n) is 3.11. The molecule has 0 aliphatic heterocycles. The quantitative estimate of drug-likeness (QED) is 0.173. The Morgan fingerprint density at radius 3 is 2.44 bits per heavy atom. The van der Waals surface area contributed by atoms with Gasteiger partial charge in [0.25, 0.3) is 0 Å². The highest BCUT2D eigenvalue weighted by Crippen LogP contribution is 2.32. The lowest BCUT2D eigenvalue weighted by molar-refractivity contribution is -0.139. The van der Waals surface area contributed by atoms with Crippen LogP contribution >= 0.6 is 0 Å². The number of ether oxygens (including phenoxy) is 5. The summed E-state index contributed by atoms with van der Waals surface area (Å²) in [6.07, 6.45) is 3.38. The molecule has 1 unspecified atom stereocenters. The third-order valence-corrected chi connectivity index (χ3v) is 5.00. The summed E-state index contributed by atoms with van der Waals surface area (Å²) in [5, 5.41) is 0. The molecule has 0 aromatic heterocycles. The zero-order valence-electron chi connectivity index (χ0n) is 20.3. The fraction of sp³-hybridized carbons (Fsp3) is 0.444. The van der Waals surface area contributed by atoms with Gasteiger partial charge in [-0.3, -0.25) is 0 Å². The Labute approximate surface area is 201 Å². The van der Waals surface area contributed by atoms with E-state index in [9.17, 15) is 9.18 Å². The molecule has 0 saturated heterocycles. The topological polar surface area (TPSA) is 63.2 Å². The minimum atomic E-state index is -0.475. The van der Waals surface area contributed by atoms with Crippen LogP contribution in [0, 0.1) is 5.82 Å². The summed E-state index contributed by atoms with van der Waals surface area (Å²) in [7, 11) is 0. The Balaban J connectivity index is 1.98. The summed E-state index contributed by atoms with van der Waals surface area (Å²) < 4.78 is 42.0. The molecule has 0 fully saturated rings. The van der Waals surface area contributed by atoms with Gasteiger partial charge in [-0.25, -0.2) is 9.18 Å². The third-order valence-electron chi connectivity index (χ3n) is 5.00. The van der Waals surface area contributed by atoms with E-state index in [-0.39, 0.29) is 30.9 Å². The number of benzene rings is 2. The molecule has 0 aliphatic carbocycles. The summed E-state index contributed by atoms with van der Waals surface area (Å²) in [4.78, 5) is 11.1. The van der Waals surface area contributed by atoms with Gasteiger partial charge in [0, 0.05) is 12.5 Å². The highest BCUT2D eigenvalue weighted by Gasteiger charge is 2.13. The summed E-state index contributed by atoms with van der Waals surface area (Å²) in [5.41, 5.74) is 1.74. The van der Waals surface area contributed by atoms with Gasteiger partial charge in [-0.2, -0.15) is 0 Å². The highest BCUT2D eigenvalue weighted by molar-refractivity contribution is 5.81. The maximum atomic E-state index is 14.1. The monoisotopic (exact) mass is 474 g/mol. The first-order chi connectivity index (χ1) is 16.5. The zero-order valence-corrected chi connectivity index (χ0v) is 20.3. The largest absolute Gasteiger partial charge is 0.491 e. The summed E-state index contributed by atoms with van der Waals surface area (Å²) in [6, 6.07) is 10.6. The minimum Gasteiger partial charge on any atom is -0.491 e. The van der Waals surface area contributed by atoms with Crippen LogP contribution in [-0.4, -0.2) is 39.0 Å². The fourth-order valence-corrected chi connectivity index (χ4v) is 3.11. The number of carbonyl (C=O) groups is 1. The van der Waals surface area contributed by atoms with Crippen LogP contribution in [0.25, 0.3) is 0 Å². The van der Waals surface area contributed by atoms with Gasteiger partial charge < -0.3 is 23.7 Å². The lowest BCUT2D eigenvalue weighted by Gasteiger charge is -2.18. The normalized spacial score (nSPS) is 11.5. The van der Waals surface area contributed by atoms with Crippen molar-refractivity contribution in [2.45, 2.75) is 46.1 Å². The third kappa shape index (κ3) is 9.06. The van der Waals surface area contributed by atoms with Crippen molar-refractivity contribution in [3.63, 3.8) is 0 Å². The van der Waals surface area contributed by atoms with Crippen molar-refractivity contribution in [3.05, 3.63) is 66.0 Å². The number of unbranched alkanes of at least 4 members (excludes halogenated alkanes) is 1. The molecule has 0 saturated carbocycles. The van der Waals surface area contributed by atoms with Gasteiger partial charge in [0.15, 0.2) is 23.1 Å². The van der Waals surface area contributed by atoms with Crippen molar-refractivity contribution < 1.29 is 32.9 Å². The number of esters is 1. The smallest absolute Gasteiger partial charge is 0.330 e. The van der Waals surface area contributed by atoms with Gasteiger partial charge in [-0.15, -0.1) is 0 Å². The Morgan fingerprint density at radius 2 is 1.74 bits per heavy atom. The van der Waals surface area contributed by atoms with Gasteiger partial charge in [0.2, 0.25) is 0 Å². The van der Waals surface area contributed by atoms with Gasteiger partial charge in [-0.05, 0) is 55.7 Å². The maximum absolute atomic E-state index is 14.1. The van der Waals surface area contributed by atoms with E-state index in [4.69, 9.17) is 23.7 Å². The Morgan fingerprint density at radius 1 is 0.971 bits per heavy atom. The number of hydrogen-bond acceptors (Lipinski definition) is 6. The van der Waals surface area contributed by atoms with E-state index in [1.165, 1.54) is 6.07 Å². The number of rotatable bonds is 16. The summed E-state index contributed by atoms with van der Waals surface area (Å²) >= 11 is 0. The Bertz CT molecular complexity index is 914. The molecule has 0 amide bonds. The standard InChI is InChI=1S/C27H35FO6/c1-5-8-14-32-26-19-22(20(4)31-16-17-34-27(29)6-2)10-12-25(26)33-15-13-21-9-11-24(30-7-3)23(28)18-21/h6,9-12,18-20H,2,5,7-8,13-17H2,1,3-4H3. The molecule has 0 N–H and O–H groups in total. The number of carbonyl (C=O) groups excluding carboxylic acids is 1. The van der Waals surface area contributed by atoms with Crippen molar-refractivity contribution in [1.29, 1.82) is 0 Å². The molecule has 2 rings (SSSR count). The average molecular weight is 475 g/mol. The van der Waals surface area contributed by atoms with Crippen LogP contribution < -0.4 is 14.2 Å². The molecule has 0 aliphatic rings. The van der Waals surface area contributed by atoms with Gasteiger partial charge in [0.05, 0.1) is 32.5 Å². The molecule has 2 aromatic carbocycles. The van der Waals surface area contributed by atoms with E-state index < -0.39 is 5.97 Å². The first-order valence-electron chi connectivity index (χ1n) is 11.7. The van der Waals surface area contributed by atoms with Crippen LogP contribution in [0.2, 0.25) is 0 Å². The van der Waals surface area contributed by atoms with Gasteiger partial charge in [0.1, 0.15) is 6.61 Å². The van der Waals surface area contributed by atoms with Crippen LogP contribution in [0.3, 0.4) is 0 Å². The van der Waals surface area contributed by atoms with Gasteiger partial charge in [-0.1, -0.05) is 32.1 Å². The first kappa shape index (κ1) is 27.2. The van der Waals surface area contributed by atoms with Crippen molar-refractivity contribution in [2.75, 3.05) is 33.0 Å². The lowest BCUT2D eigenvalue weighted by atomic mass is 10.1. The minimum absolute atomic E-state index is 0.155. The van der Waals surface area contributed by atoms with Crippen LogP contribution in [0.5, 0.6) is 17.2 Å². The van der Waals surface area contributed by atoms with Crippen LogP contribution in [-0.2, 0) is 20.7 Å². The van der Waals surface area contributed by atoms with E-state index in [1.54, 1.807) is 6.07 Å². The van der Waals surface area contributed by atoms with Crippen molar-refractivity contribution in [3.8, 4) is 17.2 Å². The molecule has 186 valence electrons. The predicted octanol–water partition coefficient (Wildman–Crippen LogP) is 5.83. The van der Waals surface area contributed by atoms with Crippen LogP contribution in [0.1, 0.15) is 50.8 Å². The predicted molar refractivity (Wildman–Crippen MR) is 129 cm³/mol. The van der Waals surface area contributed by atoms with Crippen LogP contribution in [0.4, 0.5) is 4.39 Å². The molecule has 1 atom stereocenters. The first-order valence-corrected chi connectivity index (χ1v) is 11.7. The number of halogens is 1. The lowest BCUT2D eigenvalue weighted by Crippen LogP contribution is -2.11. The average Bonchev–Trinajstić information content (AvgIpc) is 2.84. The van der Waals surface area contributed by atoms with E-state index in [0.717, 1.165) is 30.0 Å². The van der Waals surface area contributed by atoms with E-state index in [0.29, 0.717) is 37.7 Å². The second-order valence-corrected chi connectivity index (χ2v) is 7.59. The van der Waals surface area contributed by atoms with Crippen molar-refractivity contribution >= 4 is 5.97 Å². The molecule has 2 aromatic rings. The second kappa shape index (κ2) is 15.0. The molecule has 0 heterocycles. The maximum Gasteiger partial charge on any atom is 0.330 e. The SMILES string of the molecule is C=CC(=O)OCCOC(C)c1ccc(OCCc2ccc(OCC)c(F)c2)c(OCCCC)c1. The van der Waals surface area contributed by atoms with E-state index in [2.05, 4.69) is 13.5 Å². The zero-order chi connectivity index (χ0) is 24.8. The Hall–Kier alpha value is -3.06. The molecular weight excluding hydrogens is 439 g/mol. The molecule has 0 bridgehead atoms. The summed E-state index contributed by atoms with van der Waals surface area (Å²) in [5.74, 6) is 0.665. The molecule has 6 nitrogen and oxygen atoms in total. The van der Waals surface area contributed by atoms with Crippen molar-refractivity contribution in [1.82, 2.24) is 0 Å². The molecule has 0 spiro atoms. The Kier molecular flexibility index (Phi) is 12.0. The van der Waals surface area contributed by atoms with Crippen LogP contribution in [0.15, 0.2) is 49.1 Å². The van der Waals surface area contributed by atoms with Gasteiger partial charge >= 0.3 is 5.97 Å². The molecular formula is C27H35FO6.